The Morgan fingerprint density at radius 3 is 2.44 bits per heavy atom. The number of anilines is 1. The van der Waals surface area contributed by atoms with Gasteiger partial charge in [-0.1, -0.05) is 13.8 Å². The van der Waals surface area contributed by atoms with Crippen LogP contribution in [0.5, 0.6) is 5.75 Å². The van der Waals surface area contributed by atoms with Crippen LogP contribution < -0.4 is 10.5 Å². The van der Waals surface area contributed by atoms with Crippen LogP contribution in [0, 0.1) is 5.92 Å². The van der Waals surface area contributed by atoms with Gasteiger partial charge >= 0.3 is 0 Å². The van der Waals surface area contributed by atoms with E-state index in [0.717, 1.165) is 6.42 Å². The quantitative estimate of drug-likeness (QED) is 0.561. The largest absolute Gasteiger partial charge is 0.506 e. The van der Waals surface area contributed by atoms with Crippen LogP contribution in [-0.2, 0) is 10.0 Å². The fourth-order valence-corrected chi connectivity index (χ4v) is 3.08. The van der Waals surface area contributed by atoms with Crippen molar-refractivity contribution in [3.63, 3.8) is 0 Å². The Bertz CT molecular complexity index is 512. The second-order valence-corrected chi connectivity index (χ2v) is 6.59. The van der Waals surface area contributed by atoms with Crippen molar-refractivity contribution in [2.24, 2.45) is 5.92 Å². The van der Waals surface area contributed by atoms with Crippen LogP contribution in [0.4, 0.5) is 5.69 Å². The summed E-state index contributed by atoms with van der Waals surface area (Å²) in [6.45, 7) is 5.88. The first-order valence-electron chi connectivity index (χ1n) is 5.83. The average molecular weight is 272 g/mol. The van der Waals surface area contributed by atoms with Crippen LogP contribution >= 0.6 is 0 Å². The number of aromatic hydroxyl groups is 1. The summed E-state index contributed by atoms with van der Waals surface area (Å²) in [4.78, 5) is 0.0633. The third kappa shape index (κ3) is 3.89. The van der Waals surface area contributed by atoms with E-state index < -0.39 is 10.0 Å². The summed E-state index contributed by atoms with van der Waals surface area (Å²) in [6.07, 6.45) is 0.757. The molecule has 4 N–H and O–H groups in total. The molecule has 0 spiro atoms. The second kappa shape index (κ2) is 5.58. The Morgan fingerprint density at radius 2 is 1.94 bits per heavy atom. The van der Waals surface area contributed by atoms with Gasteiger partial charge in [0.05, 0.1) is 10.6 Å². The molecule has 0 aliphatic heterocycles. The molecular weight excluding hydrogens is 252 g/mol. The fourth-order valence-electron chi connectivity index (χ4n) is 1.79. The van der Waals surface area contributed by atoms with Crippen LogP contribution in [0.1, 0.15) is 27.2 Å². The molecule has 0 aliphatic rings. The van der Waals surface area contributed by atoms with Crippen molar-refractivity contribution in [3.05, 3.63) is 18.2 Å². The van der Waals surface area contributed by atoms with Gasteiger partial charge in [-0.05, 0) is 37.5 Å². The number of sulfonamides is 1. The molecule has 5 nitrogen and oxygen atoms in total. The Hall–Kier alpha value is -1.27. The smallest absolute Gasteiger partial charge is 0.240 e. The van der Waals surface area contributed by atoms with Crippen LogP contribution in [0.15, 0.2) is 23.1 Å². The van der Waals surface area contributed by atoms with Crippen molar-refractivity contribution in [1.82, 2.24) is 4.72 Å². The van der Waals surface area contributed by atoms with E-state index in [0.29, 0.717) is 5.92 Å². The summed E-state index contributed by atoms with van der Waals surface area (Å²) in [5.41, 5.74) is 5.54. The van der Waals surface area contributed by atoms with E-state index in [1.807, 2.05) is 20.8 Å². The molecule has 18 heavy (non-hydrogen) atoms. The van der Waals surface area contributed by atoms with Crippen LogP contribution in [-0.4, -0.2) is 19.6 Å². The number of phenolic OH excluding ortho intramolecular Hbond substituents is 1. The van der Waals surface area contributed by atoms with E-state index >= 15 is 0 Å². The molecule has 0 heterocycles. The van der Waals surface area contributed by atoms with E-state index in [1.165, 1.54) is 18.2 Å². The molecule has 1 unspecified atom stereocenters. The van der Waals surface area contributed by atoms with Crippen molar-refractivity contribution >= 4 is 15.7 Å². The summed E-state index contributed by atoms with van der Waals surface area (Å²) in [5, 5.41) is 9.27. The number of hydrogen-bond donors (Lipinski definition) is 3. The zero-order chi connectivity index (χ0) is 13.9. The van der Waals surface area contributed by atoms with E-state index in [4.69, 9.17) is 5.73 Å². The Balaban J connectivity index is 2.89. The molecule has 0 fully saturated rings. The van der Waals surface area contributed by atoms with Gasteiger partial charge in [-0.25, -0.2) is 13.1 Å². The number of benzene rings is 1. The van der Waals surface area contributed by atoms with Gasteiger partial charge in [0.2, 0.25) is 10.0 Å². The molecule has 1 aromatic carbocycles. The molecule has 6 heteroatoms. The summed E-state index contributed by atoms with van der Waals surface area (Å²) >= 11 is 0. The molecule has 1 aromatic rings. The van der Waals surface area contributed by atoms with Gasteiger partial charge in [0, 0.05) is 6.04 Å². The van der Waals surface area contributed by atoms with E-state index in [1.54, 1.807) is 0 Å². The van der Waals surface area contributed by atoms with E-state index in [-0.39, 0.29) is 22.4 Å². The first kappa shape index (κ1) is 14.8. The molecule has 0 amide bonds. The summed E-state index contributed by atoms with van der Waals surface area (Å²) in [7, 11) is -3.59. The van der Waals surface area contributed by atoms with Gasteiger partial charge in [-0.2, -0.15) is 0 Å². The lowest BCUT2D eigenvalue weighted by molar-refractivity contribution is 0.476. The lowest BCUT2D eigenvalue weighted by Gasteiger charge is -2.16. The second-order valence-electron chi connectivity index (χ2n) is 4.87. The average Bonchev–Trinajstić information content (AvgIpc) is 2.19. The number of rotatable bonds is 5. The highest BCUT2D eigenvalue weighted by Gasteiger charge is 2.18. The van der Waals surface area contributed by atoms with Crippen LogP contribution in [0.2, 0.25) is 0 Å². The highest BCUT2D eigenvalue weighted by Crippen LogP contribution is 2.23. The van der Waals surface area contributed by atoms with Crippen LogP contribution in [0.3, 0.4) is 0 Å². The van der Waals surface area contributed by atoms with E-state index in [9.17, 15) is 13.5 Å². The highest BCUT2D eigenvalue weighted by atomic mass is 32.2. The third-order valence-electron chi connectivity index (χ3n) is 2.49. The molecule has 0 saturated heterocycles. The fraction of sp³-hybridized carbons (Fsp3) is 0.500. The minimum atomic E-state index is -3.59. The maximum absolute atomic E-state index is 12.0. The SMILES string of the molecule is CC(C)CC(C)NS(=O)(=O)c1ccc(O)c(N)c1. The third-order valence-corrected chi connectivity index (χ3v) is 4.08. The van der Waals surface area contributed by atoms with Gasteiger partial charge in [0.25, 0.3) is 0 Å². The zero-order valence-electron chi connectivity index (χ0n) is 10.8. The highest BCUT2D eigenvalue weighted by molar-refractivity contribution is 7.89. The minimum absolute atomic E-state index is 0.0504. The number of nitrogen functional groups attached to an aromatic ring is 1. The van der Waals surface area contributed by atoms with Gasteiger partial charge in [-0.15, -0.1) is 0 Å². The Kier molecular flexibility index (Phi) is 4.59. The first-order valence-corrected chi connectivity index (χ1v) is 7.31. The molecule has 0 saturated carbocycles. The Labute approximate surface area is 108 Å². The monoisotopic (exact) mass is 272 g/mol. The lowest BCUT2D eigenvalue weighted by Crippen LogP contribution is -2.33. The van der Waals surface area contributed by atoms with Crippen molar-refractivity contribution in [2.75, 3.05) is 5.73 Å². The molecule has 0 aromatic heterocycles. The van der Waals surface area contributed by atoms with Gasteiger partial charge < -0.3 is 10.8 Å². The van der Waals surface area contributed by atoms with Gasteiger partial charge in [-0.3, -0.25) is 0 Å². The standard InChI is InChI=1S/C12H20N2O3S/c1-8(2)6-9(3)14-18(16,17)10-4-5-12(15)11(13)7-10/h4-5,7-9,14-15H,6,13H2,1-3H3. The molecule has 0 radical (unpaired) electrons. The van der Waals surface area contributed by atoms with Gasteiger partial charge in [0.1, 0.15) is 5.75 Å². The number of nitrogens with two attached hydrogens (primary N) is 1. The summed E-state index contributed by atoms with van der Waals surface area (Å²) in [5.74, 6) is 0.289. The number of hydrogen-bond acceptors (Lipinski definition) is 4. The van der Waals surface area contributed by atoms with Crippen molar-refractivity contribution in [2.45, 2.75) is 38.1 Å². The van der Waals surface area contributed by atoms with Gasteiger partial charge in [0.15, 0.2) is 0 Å². The molecule has 1 atom stereocenters. The first-order chi connectivity index (χ1) is 8.22. The van der Waals surface area contributed by atoms with Crippen molar-refractivity contribution in [3.8, 4) is 5.75 Å². The van der Waals surface area contributed by atoms with Crippen LogP contribution in [0.25, 0.3) is 0 Å². The predicted molar refractivity (Wildman–Crippen MR) is 71.8 cm³/mol. The predicted octanol–water partition coefficient (Wildman–Crippen LogP) is 1.69. The molecule has 102 valence electrons. The zero-order valence-corrected chi connectivity index (χ0v) is 11.7. The maximum atomic E-state index is 12.0. The number of phenols is 1. The lowest BCUT2D eigenvalue weighted by atomic mass is 10.1. The number of nitrogens with one attached hydrogen (secondary N) is 1. The van der Waals surface area contributed by atoms with Crippen molar-refractivity contribution < 1.29 is 13.5 Å². The molecular formula is C12H20N2O3S. The molecule has 0 bridgehead atoms. The topological polar surface area (TPSA) is 92.4 Å². The summed E-state index contributed by atoms with van der Waals surface area (Å²) < 4.78 is 26.7. The van der Waals surface area contributed by atoms with Crippen molar-refractivity contribution in [1.29, 1.82) is 0 Å². The minimum Gasteiger partial charge on any atom is -0.506 e. The normalized spacial score (nSPS) is 13.8. The molecule has 1 rings (SSSR count). The maximum Gasteiger partial charge on any atom is 0.240 e. The molecule has 0 aliphatic carbocycles. The van der Waals surface area contributed by atoms with E-state index in [2.05, 4.69) is 4.72 Å². The Morgan fingerprint density at radius 1 is 1.33 bits per heavy atom. The summed E-state index contributed by atoms with van der Waals surface area (Å²) in [6, 6.07) is 3.71.